The summed E-state index contributed by atoms with van der Waals surface area (Å²) in [7, 11) is 1.48. The van der Waals surface area contributed by atoms with Crippen LogP contribution in [0.5, 0.6) is 5.75 Å². The Labute approximate surface area is 117 Å². The van der Waals surface area contributed by atoms with Crippen molar-refractivity contribution in [2.24, 2.45) is 0 Å². The van der Waals surface area contributed by atoms with Crippen LogP contribution in [0.1, 0.15) is 23.2 Å². The molecule has 0 saturated carbocycles. The molecule has 0 aromatic heterocycles. The molecule has 1 aliphatic heterocycles. The zero-order valence-electron chi connectivity index (χ0n) is 11.5. The van der Waals surface area contributed by atoms with Crippen LogP contribution >= 0.6 is 0 Å². The van der Waals surface area contributed by atoms with E-state index in [-0.39, 0.29) is 12.5 Å². The van der Waals surface area contributed by atoms with Crippen molar-refractivity contribution < 1.29 is 19.4 Å². The zero-order valence-corrected chi connectivity index (χ0v) is 11.5. The lowest BCUT2D eigenvalue weighted by molar-refractivity contribution is -0.0605. The van der Waals surface area contributed by atoms with Crippen LogP contribution in [-0.4, -0.2) is 43.5 Å². The van der Waals surface area contributed by atoms with Gasteiger partial charge in [-0.15, -0.1) is 0 Å². The molecule has 0 atom stereocenters. The largest absolute Gasteiger partial charge is 0.496 e. The molecule has 6 nitrogen and oxygen atoms in total. The number of nitrogens with one attached hydrogen (secondary N) is 1. The normalized spacial score (nSPS) is 17.5. The summed E-state index contributed by atoms with van der Waals surface area (Å²) in [6, 6.07) is 4.84. The molecule has 0 aliphatic carbocycles. The molecule has 4 N–H and O–H groups in total. The van der Waals surface area contributed by atoms with Gasteiger partial charge in [0.25, 0.3) is 5.91 Å². The fraction of sp³-hybridized carbons (Fsp3) is 0.500. The molecular formula is C14H20N2O4. The summed E-state index contributed by atoms with van der Waals surface area (Å²) in [6.45, 7) is 1.22. The minimum absolute atomic E-state index is 0.197. The summed E-state index contributed by atoms with van der Waals surface area (Å²) < 4.78 is 10.3. The fourth-order valence-electron chi connectivity index (χ4n) is 2.16. The van der Waals surface area contributed by atoms with Crippen LogP contribution < -0.4 is 15.8 Å². The molecule has 20 heavy (non-hydrogen) atoms. The quantitative estimate of drug-likeness (QED) is 0.700. The predicted octanol–water partition coefficient (Wildman–Crippen LogP) is 0.549. The number of hydrogen-bond acceptors (Lipinski definition) is 5. The first-order chi connectivity index (χ1) is 9.54. The van der Waals surface area contributed by atoms with Crippen LogP contribution in [-0.2, 0) is 4.74 Å². The average molecular weight is 280 g/mol. The number of carbonyl (C=O) groups excluding carboxylic acids is 1. The van der Waals surface area contributed by atoms with Crippen molar-refractivity contribution in [3.05, 3.63) is 23.8 Å². The molecule has 1 saturated heterocycles. The van der Waals surface area contributed by atoms with Gasteiger partial charge in [0.1, 0.15) is 5.75 Å². The third-order valence-electron chi connectivity index (χ3n) is 3.47. The fourth-order valence-corrected chi connectivity index (χ4v) is 2.16. The molecule has 0 bridgehead atoms. The minimum atomic E-state index is -0.894. The lowest BCUT2D eigenvalue weighted by atomic mass is 9.94. The third-order valence-corrected chi connectivity index (χ3v) is 3.47. The summed E-state index contributed by atoms with van der Waals surface area (Å²) in [5, 5.41) is 13.0. The maximum atomic E-state index is 12.1. The van der Waals surface area contributed by atoms with Gasteiger partial charge < -0.3 is 25.6 Å². The Hall–Kier alpha value is -1.79. The lowest BCUT2D eigenvalue weighted by Gasteiger charge is -2.32. The summed E-state index contributed by atoms with van der Waals surface area (Å²) in [4.78, 5) is 12.1. The van der Waals surface area contributed by atoms with Crippen molar-refractivity contribution in [3.8, 4) is 5.75 Å². The number of nitrogen functional groups attached to an aromatic ring is 1. The number of aliphatic hydroxyl groups is 1. The highest BCUT2D eigenvalue weighted by Crippen LogP contribution is 2.23. The Balaban J connectivity index is 2.01. The van der Waals surface area contributed by atoms with Crippen molar-refractivity contribution in [2.45, 2.75) is 18.4 Å². The molecule has 2 rings (SSSR count). The van der Waals surface area contributed by atoms with Gasteiger partial charge in [0.05, 0.1) is 18.3 Å². The molecule has 1 fully saturated rings. The second-order valence-corrected chi connectivity index (χ2v) is 4.98. The monoisotopic (exact) mass is 280 g/mol. The van der Waals surface area contributed by atoms with E-state index in [2.05, 4.69) is 5.32 Å². The number of carbonyl (C=O) groups is 1. The van der Waals surface area contributed by atoms with Crippen LogP contribution in [0, 0.1) is 0 Å². The Bertz CT molecular complexity index is 484. The van der Waals surface area contributed by atoms with E-state index in [1.54, 1.807) is 18.2 Å². The Morgan fingerprint density at radius 3 is 2.85 bits per heavy atom. The Morgan fingerprint density at radius 2 is 2.20 bits per heavy atom. The summed E-state index contributed by atoms with van der Waals surface area (Å²) in [5.74, 6) is 0.128. The standard InChI is InChI=1S/C14H20N2O4/c1-19-12-8-10(15)2-3-11(12)13(17)16-9-14(18)4-6-20-7-5-14/h2-3,8,18H,4-7,9,15H2,1H3,(H,16,17). The highest BCUT2D eigenvalue weighted by atomic mass is 16.5. The maximum absolute atomic E-state index is 12.1. The van der Waals surface area contributed by atoms with Crippen molar-refractivity contribution in [1.29, 1.82) is 0 Å². The Morgan fingerprint density at radius 1 is 1.50 bits per heavy atom. The van der Waals surface area contributed by atoms with Crippen LogP contribution in [0.4, 0.5) is 5.69 Å². The van der Waals surface area contributed by atoms with E-state index in [1.807, 2.05) is 0 Å². The predicted molar refractivity (Wildman–Crippen MR) is 74.7 cm³/mol. The molecule has 0 radical (unpaired) electrons. The summed E-state index contributed by atoms with van der Waals surface area (Å²) in [6.07, 6.45) is 1.04. The number of nitrogens with two attached hydrogens (primary N) is 1. The minimum Gasteiger partial charge on any atom is -0.496 e. The van der Waals surface area contributed by atoms with Crippen LogP contribution in [0.3, 0.4) is 0 Å². The van der Waals surface area contributed by atoms with E-state index in [0.29, 0.717) is 43.1 Å². The maximum Gasteiger partial charge on any atom is 0.255 e. The summed E-state index contributed by atoms with van der Waals surface area (Å²) in [5.41, 5.74) is 5.69. The smallest absolute Gasteiger partial charge is 0.255 e. The van der Waals surface area contributed by atoms with Crippen LogP contribution in [0.15, 0.2) is 18.2 Å². The lowest BCUT2D eigenvalue weighted by Crippen LogP contribution is -2.46. The summed E-state index contributed by atoms with van der Waals surface area (Å²) >= 11 is 0. The van der Waals surface area contributed by atoms with Gasteiger partial charge in [0.15, 0.2) is 0 Å². The van der Waals surface area contributed by atoms with Gasteiger partial charge in [-0.3, -0.25) is 4.79 Å². The molecule has 6 heteroatoms. The van der Waals surface area contributed by atoms with E-state index in [9.17, 15) is 9.90 Å². The molecular weight excluding hydrogens is 260 g/mol. The van der Waals surface area contributed by atoms with Crippen molar-refractivity contribution in [2.75, 3.05) is 32.6 Å². The number of ether oxygens (including phenoxy) is 2. The first-order valence-electron chi connectivity index (χ1n) is 6.56. The van der Waals surface area contributed by atoms with Crippen molar-refractivity contribution in [1.82, 2.24) is 5.32 Å². The second-order valence-electron chi connectivity index (χ2n) is 4.98. The number of methoxy groups -OCH3 is 1. The van der Waals surface area contributed by atoms with Crippen molar-refractivity contribution in [3.63, 3.8) is 0 Å². The molecule has 1 heterocycles. The van der Waals surface area contributed by atoms with Gasteiger partial charge in [-0.1, -0.05) is 0 Å². The van der Waals surface area contributed by atoms with E-state index < -0.39 is 5.60 Å². The number of rotatable bonds is 4. The molecule has 0 spiro atoms. The molecule has 1 aliphatic rings. The van der Waals surface area contributed by atoms with E-state index in [4.69, 9.17) is 15.2 Å². The van der Waals surface area contributed by atoms with Gasteiger partial charge in [-0.05, 0) is 12.1 Å². The Kier molecular flexibility index (Phi) is 4.46. The molecule has 1 aromatic rings. The number of amides is 1. The van der Waals surface area contributed by atoms with Crippen molar-refractivity contribution >= 4 is 11.6 Å². The van der Waals surface area contributed by atoms with Gasteiger partial charge >= 0.3 is 0 Å². The highest BCUT2D eigenvalue weighted by molar-refractivity contribution is 5.97. The van der Waals surface area contributed by atoms with Crippen LogP contribution in [0.25, 0.3) is 0 Å². The highest BCUT2D eigenvalue weighted by Gasteiger charge is 2.30. The first-order valence-corrected chi connectivity index (χ1v) is 6.56. The molecule has 1 amide bonds. The van der Waals surface area contributed by atoms with E-state index in [1.165, 1.54) is 7.11 Å². The van der Waals surface area contributed by atoms with Gasteiger partial charge in [-0.2, -0.15) is 0 Å². The molecule has 110 valence electrons. The van der Waals surface area contributed by atoms with Gasteiger partial charge in [0.2, 0.25) is 0 Å². The molecule has 1 aromatic carbocycles. The van der Waals surface area contributed by atoms with Crippen LogP contribution in [0.2, 0.25) is 0 Å². The first kappa shape index (κ1) is 14.6. The van der Waals surface area contributed by atoms with E-state index >= 15 is 0 Å². The topological polar surface area (TPSA) is 93.8 Å². The van der Waals surface area contributed by atoms with Gasteiger partial charge in [-0.25, -0.2) is 0 Å². The SMILES string of the molecule is COc1cc(N)ccc1C(=O)NCC1(O)CCOCC1. The zero-order chi connectivity index (χ0) is 14.6. The molecule has 0 unspecified atom stereocenters. The van der Waals surface area contributed by atoms with Gasteiger partial charge in [0, 0.05) is 44.4 Å². The third kappa shape index (κ3) is 3.40. The second kappa shape index (κ2) is 6.11. The van der Waals surface area contributed by atoms with E-state index in [0.717, 1.165) is 0 Å². The number of anilines is 1. The number of hydrogen-bond donors (Lipinski definition) is 3. The average Bonchev–Trinajstić information content (AvgIpc) is 2.45. The number of benzene rings is 1.